The lowest BCUT2D eigenvalue weighted by Gasteiger charge is -2.23. The molecule has 0 aliphatic carbocycles. The molecule has 13 heavy (non-hydrogen) atoms. The molecule has 4 heteroatoms. The van der Waals surface area contributed by atoms with Crippen LogP contribution in [0.25, 0.3) is 0 Å². The van der Waals surface area contributed by atoms with Gasteiger partial charge in [0, 0.05) is 34.7 Å². The fraction of sp³-hybridized carbons (Fsp3) is 0.889. The van der Waals surface area contributed by atoms with Crippen LogP contribution in [0.4, 0.5) is 0 Å². The lowest BCUT2D eigenvalue weighted by atomic mass is 10.2. The first-order valence-corrected chi connectivity index (χ1v) is 4.58. The van der Waals surface area contributed by atoms with Gasteiger partial charge in [0.1, 0.15) is 0 Å². The van der Waals surface area contributed by atoms with Gasteiger partial charge >= 0.3 is 0 Å². The molecule has 0 rings (SSSR count). The van der Waals surface area contributed by atoms with Crippen LogP contribution in [0, 0.1) is 5.92 Å². The van der Waals surface area contributed by atoms with E-state index in [0.717, 1.165) is 12.5 Å². The number of hydrogen-bond acceptors (Lipinski definition) is 2. The minimum Gasteiger partial charge on any atom is -0.349 e. The summed E-state index contributed by atoms with van der Waals surface area (Å²) >= 11 is 0. The van der Waals surface area contributed by atoms with Gasteiger partial charge in [-0.15, -0.1) is 0 Å². The highest BCUT2D eigenvalue weighted by atomic mass is 15.3. The van der Waals surface area contributed by atoms with Crippen molar-refractivity contribution in [1.29, 1.82) is 0 Å². The Morgan fingerprint density at radius 1 is 1.23 bits per heavy atom. The highest BCUT2D eigenvalue weighted by Gasteiger charge is 2.04. The van der Waals surface area contributed by atoms with Gasteiger partial charge in [0.15, 0.2) is 5.96 Å². The fourth-order valence-corrected chi connectivity index (χ4v) is 0.995. The third-order valence-electron chi connectivity index (χ3n) is 1.75. The summed E-state index contributed by atoms with van der Waals surface area (Å²) in [5.74, 6) is 1.44. The molecule has 78 valence electrons. The molecule has 0 heterocycles. The summed E-state index contributed by atoms with van der Waals surface area (Å²) in [6.45, 7) is 3.59. The smallest absolute Gasteiger partial charge is 0.195 e. The quantitative estimate of drug-likeness (QED) is 0.501. The first-order valence-electron chi connectivity index (χ1n) is 4.58. The van der Waals surface area contributed by atoms with Crippen molar-refractivity contribution in [2.24, 2.45) is 16.6 Å². The van der Waals surface area contributed by atoms with E-state index in [9.17, 15) is 0 Å². The molecule has 0 saturated carbocycles. The van der Waals surface area contributed by atoms with Crippen LogP contribution in [-0.4, -0.2) is 57.0 Å². The number of nitrogens with zero attached hydrogens (tertiary/aromatic N) is 3. The van der Waals surface area contributed by atoms with E-state index >= 15 is 0 Å². The van der Waals surface area contributed by atoms with E-state index in [1.165, 1.54) is 0 Å². The zero-order valence-corrected chi connectivity index (χ0v) is 9.41. The van der Waals surface area contributed by atoms with E-state index in [0.29, 0.717) is 12.5 Å². The second-order valence-electron chi connectivity index (χ2n) is 3.77. The molecule has 4 nitrogen and oxygen atoms in total. The predicted molar refractivity (Wildman–Crippen MR) is 57.9 cm³/mol. The lowest BCUT2D eigenvalue weighted by molar-refractivity contribution is 0.473. The van der Waals surface area contributed by atoms with Crippen LogP contribution in [-0.2, 0) is 0 Å². The van der Waals surface area contributed by atoms with E-state index in [-0.39, 0.29) is 0 Å². The minimum atomic E-state index is 0.454. The maximum Gasteiger partial charge on any atom is 0.195 e. The second-order valence-corrected chi connectivity index (χ2v) is 3.77. The van der Waals surface area contributed by atoms with Gasteiger partial charge in [-0.2, -0.15) is 0 Å². The Kier molecular flexibility index (Phi) is 5.46. The van der Waals surface area contributed by atoms with Gasteiger partial charge in [-0.25, -0.2) is 0 Å². The molecule has 2 N–H and O–H groups in total. The highest BCUT2D eigenvalue weighted by molar-refractivity contribution is 5.79. The molecule has 0 saturated heterocycles. The van der Waals surface area contributed by atoms with Gasteiger partial charge < -0.3 is 15.5 Å². The van der Waals surface area contributed by atoms with Crippen LogP contribution >= 0.6 is 0 Å². The van der Waals surface area contributed by atoms with E-state index < -0.39 is 0 Å². The van der Waals surface area contributed by atoms with Crippen LogP contribution in [0.1, 0.15) is 6.92 Å². The molecule has 0 aromatic carbocycles. The molecule has 0 fully saturated rings. The number of aliphatic imine (C=N–C) groups is 1. The van der Waals surface area contributed by atoms with E-state index in [2.05, 4.69) is 11.9 Å². The Morgan fingerprint density at radius 2 is 1.69 bits per heavy atom. The monoisotopic (exact) mass is 186 g/mol. The van der Waals surface area contributed by atoms with Crippen molar-refractivity contribution >= 4 is 5.96 Å². The highest BCUT2D eigenvalue weighted by Crippen LogP contribution is 1.95. The third-order valence-corrected chi connectivity index (χ3v) is 1.75. The first kappa shape index (κ1) is 12.2. The van der Waals surface area contributed by atoms with Crippen molar-refractivity contribution in [3.8, 4) is 0 Å². The van der Waals surface area contributed by atoms with Gasteiger partial charge in [-0.05, 0) is 12.5 Å². The van der Waals surface area contributed by atoms with Crippen molar-refractivity contribution in [3.05, 3.63) is 0 Å². The van der Waals surface area contributed by atoms with Crippen LogP contribution in [0.2, 0.25) is 0 Å². The van der Waals surface area contributed by atoms with E-state index in [1.807, 2.05) is 38.0 Å². The predicted octanol–water partition coefficient (Wildman–Crippen LogP) is 0.0604. The Morgan fingerprint density at radius 3 is 2.00 bits per heavy atom. The maximum absolute atomic E-state index is 5.51. The molecule has 0 spiro atoms. The number of rotatable bonds is 3. The zero-order chi connectivity index (χ0) is 10.4. The fourth-order valence-electron chi connectivity index (χ4n) is 0.995. The number of hydrogen-bond donors (Lipinski definition) is 1. The molecule has 0 aliphatic rings. The second kappa shape index (κ2) is 5.80. The van der Waals surface area contributed by atoms with Gasteiger partial charge in [0.2, 0.25) is 0 Å². The molecule has 0 amide bonds. The summed E-state index contributed by atoms with van der Waals surface area (Å²) in [7, 11) is 7.97. The Bertz CT molecular complexity index is 153. The van der Waals surface area contributed by atoms with Gasteiger partial charge in [-0.1, -0.05) is 6.92 Å². The van der Waals surface area contributed by atoms with Gasteiger partial charge in [-0.3, -0.25) is 4.99 Å². The summed E-state index contributed by atoms with van der Waals surface area (Å²) in [6, 6.07) is 0. The maximum atomic E-state index is 5.51. The Labute approximate surface area is 81.4 Å². The normalized spacial score (nSPS) is 12.2. The van der Waals surface area contributed by atoms with Crippen molar-refractivity contribution < 1.29 is 0 Å². The molecule has 0 bridgehead atoms. The standard InChI is InChI=1S/C9H22N4/c1-8(6-10)7-11-9(12(2)3)13(4)5/h8H,6-7,10H2,1-5H3. The van der Waals surface area contributed by atoms with Gasteiger partial charge in [0.25, 0.3) is 0 Å². The molecule has 0 aliphatic heterocycles. The Balaban J connectivity index is 4.20. The van der Waals surface area contributed by atoms with Crippen LogP contribution < -0.4 is 5.73 Å². The summed E-state index contributed by atoms with van der Waals surface area (Å²) in [4.78, 5) is 8.49. The molecular formula is C9H22N4. The molecule has 1 unspecified atom stereocenters. The Hall–Kier alpha value is -0.770. The molecule has 0 aromatic rings. The van der Waals surface area contributed by atoms with Crippen molar-refractivity contribution in [1.82, 2.24) is 9.80 Å². The average molecular weight is 186 g/mol. The van der Waals surface area contributed by atoms with Crippen molar-refractivity contribution in [2.75, 3.05) is 41.3 Å². The van der Waals surface area contributed by atoms with E-state index in [4.69, 9.17) is 5.73 Å². The third kappa shape index (κ3) is 4.72. The van der Waals surface area contributed by atoms with Crippen molar-refractivity contribution in [2.45, 2.75) is 6.92 Å². The topological polar surface area (TPSA) is 44.9 Å². The first-order chi connectivity index (χ1) is 5.99. The summed E-state index contributed by atoms with van der Waals surface area (Å²) < 4.78 is 0. The zero-order valence-electron chi connectivity index (χ0n) is 9.41. The summed E-state index contributed by atoms with van der Waals surface area (Å²) in [5.41, 5.74) is 5.51. The summed E-state index contributed by atoms with van der Waals surface area (Å²) in [6.07, 6.45) is 0. The van der Waals surface area contributed by atoms with E-state index in [1.54, 1.807) is 0 Å². The number of nitrogens with two attached hydrogens (primary N) is 1. The number of guanidine groups is 1. The average Bonchev–Trinajstić information content (AvgIpc) is 2.03. The summed E-state index contributed by atoms with van der Waals surface area (Å²) in [5, 5.41) is 0. The largest absolute Gasteiger partial charge is 0.349 e. The molecule has 0 radical (unpaired) electrons. The minimum absolute atomic E-state index is 0.454. The van der Waals surface area contributed by atoms with Crippen LogP contribution in [0.5, 0.6) is 0 Å². The SMILES string of the molecule is CC(CN)CN=C(N(C)C)N(C)C. The molecule has 1 atom stereocenters. The molecule has 0 aromatic heterocycles. The van der Waals surface area contributed by atoms with Crippen LogP contribution in [0.3, 0.4) is 0 Å². The van der Waals surface area contributed by atoms with Gasteiger partial charge in [0.05, 0.1) is 0 Å². The lowest BCUT2D eigenvalue weighted by Crippen LogP contribution is -2.36. The van der Waals surface area contributed by atoms with Crippen LogP contribution in [0.15, 0.2) is 4.99 Å². The van der Waals surface area contributed by atoms with Crippen molar-refractivity contribution in [3.63, 3.8) is 0 Å². The molecular weight excluding hydrogens is 164 g/mol.